The molecule has 8 nitrogen and oxygen atoms in total. The lowest BCUT2D eigenvalue weighted by atomic mass is 10.1. The van der Waals surface area contributed by atoms with Gasteiger partial charge in [0, 0.05) is 41.1 Å². The van der Waals surface area contributed by atoms with Crippen LogP contribution in [0.25, 0.3) is 0 Å². The minimum absolute atomic E-state index is 0.0615. The third-order valence-electron chi connectivity index (χ3n) is 5.70. The second-order valence-electron chi connectivity index (χ2n) is 8.33. The summed E-state index contributed by atoms with van der Waals surface area (Å²) in [5.74, 6) is -0.675. The molecule has 0 aliphatic heterocycles. The van der Waals surface area contributed by atoms with Gasteiger partial charge in [0.25, 0.3) is 5.91 Å². The van der Waals surface area contributed by atoms with Gasteiger partial charge >= 0.3 is 5.69 Å². The fourth-order valence-corrected chi connectivity index (χ4v) is 6.97. The van der Waals surface area contributed by atoms with Crippen molar-refractivity contribution < 1.29 is 27.7 Å². The van der Waals surface area contributed by atoms with E-state index in [9.17, 15) is 19.5 Å². The van der Waals surface area contributed by atoms with Crippen LogP contribution in [0, 0.1) is 10.1 Å². The number of nitro groups is 1. The third kappa shape index (κ3) is 4.71. The van der Waals surface area contributed by atoms with Gasteiger partial charge in [0.1, 0.15) is 5.75 Å². The summed E-state index contributed by atoms with van der Waals surface area (Å²) < 4.78 is 47.6. The Balaban J connectivity index is 1.59. The van der Waals surface area contributed by atoms with Crippen LogP contribution in [0.15, 0.2) is 42.5 Å². The number of amides is 1. The molecule has 0 radical (unpaired) electrons. The molecule has 2 aliphatic rings. The van der Waals surface area contributed by atoms with Crippen molar-refractivity contribution in [1.82, 2.24) is 4.90 Å². The summed E-state index contributed by atoms with van der Waals surface area (Å²) in [6.07, 6.45) is 3.07. The first-order chi connectivity index (χ1) is 16.4. The molecule has 2 aliphatic carbocycles. The topological polar surface area (TPSA) is 99.0 Å². The van der Waals surface area contributed by atoms with Gasteiger partial charge in [0.05, 0.1) is 11.0 Å². The molecular formula is C23H27N2O6P. The van der Waals surface area contributed by atoms with Crippen molar-refractivity contribution in [2.24, 2.45) is 0 Å². The molecule has 1 amide bonds. The molecule has 2 aromatic rings. The highest BCUT2D eigenvalue weighted by atomic mass is 31.2. The average molecular weight is 461 g/mol. The fourth-order valence-electron chi connectivity index (χ4n) is 3.68. The number of ether oxygens (including phenoxy) is 1. The molecule has 170 valence electrons. The van der Waals surface area contributed by atoms with Crippen molar-refractivity contribution in [3.8, 4) is 11.5 Å². The molecule has 9 heteroatoms. The smallest absolute Gasteiger partial charge is 0.311 e. The van der Waals surface area contributed by atoms with E-state index in [1.54, 1.807) is 13.0 Å². The zero-order chi connectivity index (χ0) is 25.5. The van der Waals surface area contributed by atoms with Gasteiger partial charge in [0.2, 0.25) is 13.1 Å². The summed E-state index contributed by atoms with van der Waals surface area (Å²) in [6, 6.07) is 10.1. The van der Waals surface area contributed by atoms with Crippen LogP contribution in [0.5, 0.6) is 11.5 Å². The van der Waals surface area contributed by atoms with Crippen LogP contribution in [-0.4, -0.2) is 41.1 Å². The Hall–Kier alpha value is -2.70. The van der Waals surface area contributed by atoms with Crippen LogP contribution in [0.2, 0.25) is 0 Å². The molecule has 2 fully saturated rings. The first kappa shape index (κ1) is 18.8. The predicted molar refractivity (Wildman–Crippen MR) is 121 cm³/mol. The summed E-state index contributed by atoms with van der Waals surface area (Å²) >= 11 is 0. The van der Waals surface area contributed by atoms with E-state index < -0.39 is 31.3 Å². The normalized spacial score (nSPS) is 18.8. The summed E-state index contributed by atoms with van der Waals surface area (Å²) in [5, 5.41) is 11.6. The monoisotopic (exact) mass is 461 g/mol. The van der Waals surface area contributed by atoms with Gasteiger partial charge in [-0.1, -0.05) is 6.07 Å². The maximum atomic E-state index is 13.5. The highest BCUT2D eigenvalue weighted by Gasteiger charge is 2.52. The number of hydrogen-bond donors (Lipinski definition) is 0. The number of rotatable bonds is 9. The zero-order valence-electron chi connectivity index (χ0n) is 20.9. The third-order valence-corrected chi connectivity index (χ3v) is 9.41. The molecule has 0 spiro atoms. The van der Waals surface area contributed by atoms with Crippen LogP contribution < -0.4 is 4.74 Å². The van der Waals surface area contributed by atoms with Crippen molar-refractivity contribution in [2.45, 2.75) is 50.0 Å². The van der Waals surface area contributed by atoms with Gasteiger partial charge in [-0.2, -0.15) is 0 Å². The van der Waals surface area contributed by atoms with Crippen LogP contribution in [0.3, 0.4) is 0 Å². The number of carbonyl (C=O) groups is 1. The molecular weight excluding hydrogens is 431 g/mol. The Bertz CT molecular complexity index is 1180. The predicted octanol–water partition coefficient (Wildman–Crippen LogP) is 5.77. The van der Waals surface area contributed by atoms with E-state index in [4.69, 9.17) is 13.4 Å². The number of nitro benzene ring substituents is 1. The molecule has 0 saturated heterocycles. The van der Waals surface area contributed by atoms with E-state index in [2.05, 4.69) is 0 Å². The molecule has 0 aromatic heterocycles. The Morgan fingerprint density at radius 2 is 1.91 bits per heavy atom. The number of benzene rings is 2. The maximum Gasteiger partial charge on any atom is 0.311 e. The van der Waals surface area contributed by atoms with Gasteiger partial charge in [-0.15, -0.1) is 0 Å². The van der Waals surface area contributed by atoms with Crippen molar-refractivity contribution >= 4 is 19.0 Å². The van der Waals surface area contributed by atoms with Crippen LogP contribution in [-0.2, 0) is 9.09 Å². The SMILES string of the molecule is [2H]C([2H])([2H])N(C)C(=O)c1cccc(Oc2cc([C@H](C)OP(=O)(C3CC3)C3CC3)ccc2[N+](=O)[O-])c1. The standard InChI is InChI=1S/C23H27N2O6P/c1-15(31-32(29,19-8-9-19)20-10-11-20)16-7-12-21(25(27)28)22(14-16)30-18-6-4-5-17(13-18)23(26)24(2)3/h4-7,12-15,19-20H,8-11H2,1-3H3/t15-/m0/s1/i2D3. The Morgan fingerprint density at radius 3 is 2.50 bits per heavy atom. The van der Waals surface area contributed by atoms with Crippen molar-refractivity contribution in [3.63, 3.8) is 0 Å². The number of nitrogens with zero attached hydrogens (tertiary/aromatic N) is 2. The molecule has 0 unspecified atom stereocenters. The molecule has 0 N–H and O–H groups in total. The summed E-state index contributed by atoms with van der Waals surface area (Å²) in [7, 11) is -1.61. The largest absolute Gasteiger partial charge is 0.450 e. The summed E-state index contributed by atoms with van der Waals surface area (Å²) in [4.78, 5) is 24.2. The van der Waals surface area contributed by atoms with Crippen molar-refractivity contribution in [2.75, 3.05) is 14.0 Å². The van der Waals surface area contributed by atoms with E-state index in [-0.39, 0.29) is 34.1 Å². The van der Waals surface area contributed by atoms with E-state index in [1.807, 2.05) is 0 Å². The Labute approximate surface area is 191 Å². The summed E-state index contributed by atoms with van der Waals surface area (Å²) in [5.41, 5.74) is 0.580. The van der Waals surface area contributed by atoms with Crippen LogP contribution in [0.4, 0.5) is 5.69 Å². The van der Waals surface area contributed by atoms with Crippen LogP contribution in [0.1, 0.15) is 58.7 Å². The van der Waals surface area contributed by atoms with Crippen LogP contribution >= 0.6 is 7.37 Å². The second-order valence-corrected chi connectivity index (χ2v) is 11.3. The van der Waals surface area contributed by atoms with Gasteiger partial charge in [-0.25, -0.2) is 0 Å². The first-order valence-corrected chi connectivity index (χ1v) is 12.3. The minimum atomic E-state index is -2.78. The first-order valence-electron chi connectivity index (χ1n) is 12.0. The quantitative estimate of drug-likeness (QED) is 0.267. The molecule has 32 heavy (non-hydrogen) atoms. The molecule has 0 bridgehead atoms. The van der Waals surface area contributed by atoms with Crippen molar-refractivity contribution in [1.29, 1.82) is 0 Å². The van der Waals surface area contributed by atoms with E-state index in [0.29, 0.717) is 10.5 Å². The van der Waals surface area contributed by atoms with E-state index >= 15 is 0 Å². The number of hydrogen-bond acceptors (Lipinski definition) is 6. The fraction of sp³-hybridized carbons (Fsp3) is 0.435. The lowest BCUT2D eigenvalue weighted by Crippen LogP contribution is -2.21. The minimum Gasteiger partial charge on any atom is -0.450 e. The highest BCUT2D eigenvalue weighted by molar-refractivity contribution is 7.61. The zero-order valence-corrected chi connectivity index (χ0v) is 18.8. The molecule has 4 rings (SSSR count). The Kier molecular flexibility index (Phi) is 5.11. The number of carbonyl (C=O) groups excluding carboxylic acids is 1. The maximum absolute atomic E-state index is 13.5. The second kappa shape index (κ2) is 8.68. The summed E-state index contributed by atoms with van der Waals surface area (Å²) in [6.45, 7) is -0.843. The van der Waals surface area contributed by atoms with Gasteiger partial charge in [-0.05, 0) is 68.5 Å². The molecule has 2 aromatic carbocycles. The molecule has 2 saturated carbocycles. The van der Waals surface area contributed by atoms with Gasteiger partial charge in [-0.3, -0.25) is 19.5 Å². The molecule has 1 atom stereocenters. The highest BCUT2D eigenvalue weighted by Crippen LogP contribution is 2.72. The van der Waals surface area contributed by atoms with E-state index in [0.717, 1.165) is 25.7 Å². The molecule has 0 heterocycles. The van der Waals surface area contributed by atoms with Gasteiger partial charge < -0.3 is 14.2 Å². The van der Waals surface area contributed by atoms with Gasteiger partial charge in [0.15, 0.2) is 0 Å². The average Bonchev–Trinajstić information content (AvgIpc) is 3.69. The lowest BCUT2D eigenvalue weighted by Gasteiger charge is -2.23. The van der Waals surface area contributed by atoms with Crippen molar-refractivity contribution in [3.05, 3.63) is 63.7 Å². The Morgan fingerprint density at radius 1 is 1.22 bits per heavy atom. The van der Waals surface area contributed by atoms with E-state index in [1.165, 1.54) is 43.4 Å². The lowest BCUT2D eigenvalue weighted by molar-refractivity contribution is -0.385.